The van der Waals surface area contributed by atoms with Crippen molar-refractivity contribution < 1.29 is 9.53 Å². The number of carbonyl (C=O) groups is 1. The zero-order chi connectivity index (χ0) is 18.4. The minimum absolute atomic E-state index is 0.201. The van der Waals surface area contributed by atoms with Crippen LogP contribution >= 0.6 is 11.6 Å². The average Bonchev–Trinajstić information content (AvgIpc) is 3.26. The van der Waals surface area contributed by atoms with Crippen molar-refractivity contribution in [2.75, 3.05) is 6.54 Å². The second kappa shape index (κ2) is 8.53. The van der Waals surface area contributed by atoms with Gasteiger partial charge in [-0.15, -0.1) is 0 Å². The van der Waals surface area contributed by atoms with Crippen LogP contribution in [-0.4, -0.2) is 32.0 Å². The van der Waals surface area contributed by atoms with Crippen molar-refractivity contribution in [1.29, 1.82) is 0 Å². The Bertz CT molecular complexity index is 874. The number of aryl methyl sites for hydroxylation is 2. The number of hydrogen-bond acceptors (Lipinski definition) is 4. The van der Waals surface area contributed by atoms with Crippen LogP contribution in [0.4, 0.5) is 0 Å². The number of ether oxygens (including phenoxy) is 1. The van der Waals surface area contributed by atoms with E-state index < -0.39 is 0 Å². The highest BCUT2D eigenvalue weighted by Gasteiger charge is 2.09. The van der Waals surface area contributed by atoms with Gasteiger partial charge in [0.2, 0.25) is 0 Å². The molecule has 0 saturated heterocycles. The molecule has 0 spiro atoms. The highest BCUT2D eigenvalue weighted by atomic mass is 35.5. The Hall–Kier alpha value is -2.80. The van der Waals surface area contributed by atoms with Crippen LogP contribution in [0, 0.1) is 6.92 Å². The number of nitrogens with one attached hydrogen (secondary N) is 1. The molecule has 7 nitrogen and oxygen atoms in total. The minimum atomic E-state index is -0.205. The van der Waals surface area contributed by atoms with Crippen LogP contribution in [0.3, 0.4) is 0 Å². The van der Waals surface area contributed by atoms with E-state index in [-0.39, 0.29) is 12.6 Å². The van der Waals surface area contributed by atoms with Gasteiger partial charge in [-0.25, -0.2) is 4.68 Å². The zero-order valence-electron chi connectivity index (χ0n) is 14.4. The molecule has 0 radical (unpaired) electrons. The number of aromatic nitrogens is 4. The number of benzene rings is 1. The lowest BCUT2D eigenvalue weighted by atomic mass is 10.3. The summed E-state index contributed by atoms with van der Waals surface area (Å²) in [7, 11) is 0. The summed E-state index contributed by atoms with van der Waals surface area (Å²) in [5.41, 5.74) is 1.34. The van der Waals surface area contributed by atoms with Gasteiger partial charge in [0.25, 0.3) is 5.91 Å². The Balaban J connectivity index is 1.42. The lowest BCUT2D eigenvalue weighted by Crippen LogP contribution is -2.26. The molecule has 2 aromatic heterocycles. The van der Waals surface area contributed by atoms with Crippen LogP contribution in [0.25, 0.3) is 0 Å². The van der Waals surface area contributed by atoms with E-state index in [1.54, 1.807) is 29.1 Å². The SMILES string of the molecule is Cc1ccn(CCCNC(=O)c2ccn(COc3cccc(Cl)c3)n2)n1. The van der Waals surface area contributed by atoms with Gasteiger partial charge in [0.05, 0.1) is 5.69 Å². The van der Waals surface area contributed by atoms with E-state index >= 15 is 0 Å². The molecule has 26 heavy (non-hydrogen) atoms. The normalized spacial score (nSPS) is 10.7. The molecule has 1 amide bonds. The Kier molecular flexibility index (Phi) is 5.91. The molecule has 0 unspecified atom stereocenters. The predicted molar refractivity (Wildman–Crippen MR) is 98.2 cm³/mol. The van der Waals surface area contributed by atoms with Crippen molar-refractivity contribution in [2.45, 2.75) is 26.6 Å². The topological polar surface area (TPSA) is 74.0 Å². The summed E-state index contributed by atoms with van der Waals surface area (Å²) in [5.74, 6) is 0.441. The largest absolute Gasteiger partial charge is 0.471 e. The smallest absolute Gasteiger partial charge is 0.271 e. The first-order valence-electron chi connectivity index (χ1n) is 8.30. The second-order valence-corrected chi connectivity index (χ2v) is 6.24. The Morgan fingerprint density at radius 1 is 1.19 bits per heavy atom. The van der Waals surface area contributed by atoms with Crippen LogP contribution in [0.2, 0.25) is 5.02 Å². The van der Waals surface area contributed by atoms with Gasteiger partial charge in [-0.3, -0.25) is 9.48 Å². The van der Waals surface area contributed by atoms with E-state index in [1.807, 2.05) is 36.0 Å². The maximum atomic E-state index is 12.1. The third kappa shape index (κ3) is 5.10. The molecule has 0 saturated carbocycles. The highest BCUT2D eigenvalue weighted by Crippen LogP contribution is 2.17. The Labute approximate surface area is 156 Å². The van der Waals surface area contributed by atoms with Crippen LogP contribution < -0.4 is 10.1 Å². The Morgan fingerprint density at radius 3 is 2.81 bits per heavy atom. The van der Waals surface area contributed by atoms with Crippen LogP contribution in [0.15, 0.2) is 48.8 Å². The molecule has 3 aromatic rings. The van der Waals surface area contributed by atoms with E-state index in [1.165, 1.54) is 0 Å². The molecule has 1 aromatic carbocycles. The molecular weight excluding hydrogens is 354 g/mol. The molecule has 0 bridgehead atoms. The zero-order valence-corrected chi connectivity index (χ0v) is 15.2. The quantitative estimate of drug-likeness (QED) is 0.616. The second-order valence-electron chi connectivity index (χ2n) is 5.80. The van der Waals surface area contributed by atoms with Crippen molar-refractivity contribution in [3.05, 3.63) is 65.2 Å². The van der Waals surface area contributed by atoms with E-state index in [0.717, 1.165) is 18.7 Å². The summed E-state index contributed by atoms with van der Waals surface area (Å²) < 4.78 is 9.01. The van der Waals surface area contributed by atoms with Gasteiger partial charge in [-0.05, 0) is 43.7 Å². The number of amides is 1. The van der Waals surface area contributed by atoms with Gasteiger partial charge >= 0.3 is 0 Å². The van der Waals surface area contributed by atoms with Crippen molar-refractivity contribution in [2.24, 2.45) is 0 Å². The van der Waals surface area contributed by atoms with Crippen molar-refractivity contribution in [3.8, 4) is 5.75 Å². The minimum Gasteiger partial charge on any atom is -0.471 e. The molecule has 0 aliphatic rings. The molecule has 0 fully saturated rings. The molecule has 0 atom stereocenters. The fourth-order valence-electron chi connectivity index (χ4n) is 2.37. The lowest BCUT2D eigenvalue weighted by molar-refractivity contribution is 0.0945. The first-order chi connectivity index (χ1) is 12.6. The molecule has 136 valence electrons. The van der Waals surface area contributed by atoms with Crippen LogP contribution in [-0.2, 0) is 13.3 Å². The van der Waals surface area contributed by atoms with Gasteiger partial charge in [-0.2, -0.15) is 10.2 Å². The fourth-order valence-corrected chi connectivity index (χ4v) is 2.55. The van der Waals surface area contributed by atoms with Crippen molar-refractivity contribution >= 4 is 17.5 Å². The summed E-state index contributed by atoms with van der Waals surface area (Å²) in [6, 6.07) is 10.7. The molecule has 1 N–H and O–H groups in total. The highest BCUT2D eigenvalue weighted by molar-refractivity contribution is 6.30. The summed E-state index contributed by atoms with van der Waals surface area (Å²) in [6.07, 6.45) is 4.43. The molecule has 0 aliphatic heterocycles. The molecule has 3 rings (SSSR count). The summed E-state index contributed by atoms with van der Waals surface area (Å²) in [5, 5.41) is 12.0. The number of halogens is 1. The van der Waals surface area contributed by atoms with E-state index in [9.17, 15) is 4.79 Å². The first-order valence-corrected chi connectivity index (χ1v) is 8.68. The Morgan fingerprint density at radius 2 is 2.04 bits per heavy atom. The number of hydrogen-bond donors (Lipinski definition) is 1. The maximum absolute atomic E-state index is 12.1. The molecule has 2 heterocycles. The van der Waals surface area contributed by atoms with Gasteiger partial charge in [0.1, 0.15) is 11.4 Å². The predicted octanol–water partition coefficient (Wildman–Crippen LogP) is 2.90. The fraction of sp³-hybridized carbons (Fsp3) is 0.278. The monoisotopic (exact) mass is 373 g/mol. The summed E-state index contributed by atoms with van der Waals surface area (Å²) in [6.45, 7) is 3.47. The molecule has 8 heteroatoms. The van der Waals surface area contributed by atoms with Crippen LogP contribution in [0.1, 0.15) is 22.6 Å². The summed E-state index contributed by atoms with van der Waals surface area (Å²) in [4.78, 5) is 12.1. The van der Waals surface area contributed by atoms with Crippen LogP contribution in [0.5, 0.6) is 5.75 Å². The van der Waals surface area contributed by atoms with E-state index in [0.29, 0.717) is 23.0 Å². The molecular formula is C18H20ClN5O2. The van der Waals surface area contributed by atoms with Gasteiger partial charge in [0.15, 0.2) is 6.73 Å². The number of carbonyl (C=O) groups excluding carboxylic acids is 1. The number of rotatable bonds is 8. The van der Waals surface area contributed by atoms with E-state index in [2.05, 4.69) is 15.5 Å². The van der Waals surface area contributed by atoms with Crippen molar-refractivity contribution in [1.82, 2.24) is 24.9 Å². The van der Waals surface area contributed by atoms with Gasteiger partial charge < -0.3 is 10.1 Å². The maximum Gasteiger partial charge on any atom is 0.271 e. The summed E-state index contributed by atoms with van der Waals surface area (Å²) >= 11 is 5.91. The standard InChI is InChI=1S/C18H20ClN5O2/c1-14-6-10-23(21-14)9-3-8-20-18(25)17-7-11-24(22-17)13-26-16-5-2-4-15(19)12-16/h2,4-7,10-12H,3,8-9,13H2,1H3,(H,20,25). The molecule has 0 aliphatic carbocycles. The van der Waals surface area contributed by atoms with E-state index in [4.69, 9.17) is 16.3 Å². The third-order valence-electron chi connectivity index (χ3n) is 3.66. The number of nitrogens with zero attached hydrogens (tertiary/aromatic N) is 4. The van der Waals surface area contributed by atoms with Gasteiger partial charge in [0, 0.05) is 30.5 Å². The average molecular weight is 374 g/mol. The lowest BCUT2D eigenvalue weighted by Gasteiger charge is -2.06. The van der Waals surface area contributed by atoms with Gasteiger partial charge in [-0.1, -0.05) is 17.7 Å². The van der Waals surface area contributed by atoms with Crippen molar-refractivity contribution in [3.63, 3.8) is 0 Å². The third-order valence-corrected chi connectivity index (χ3v) is 3.89. The first kappa shape index (κ1) is 18.0.